The van der Waals surface area contributed by atoms with Crippen molar-refractivity contribution in [3.05, 3.63) is 34.9 Å². The van der Waals surface area contributed by atoms with Crippen LogP contribution in [0.1, 0.15) is 56.5 Å². The molecule has 3 atom stereocenters. The number of rotatable bonds is 3. The number of esters is 1. The molecule has 3 heterocycles. The van der Waals surface area contributed by atoms with E-state index in [4.69, 9.17) is 33.2 Å². The van der Waals surface area contributed by atoms with E-state index in [9.17, 15) is 9.59 Å². The predicted molar refractivity (Wildman–Crippen MR) is 121 cm³/mol. The van der Waals surface area contributed by atoms with Crippen molar-refractivity contribution in [3.8, 4) is 17.2 Å². The zero-order valence-corrected chi connectivity index (χ0v) is 20.0. The lowest BCUT2D eigenvalue weighted by Crippen LogP contribution is -2.31. The summed E-state index contributed by atoms with van der Waals surface area (Å²) in [6.45, 7) is 7.08. The second kappa shape index (κ2) is 9.77. The number of ether oxygens (including phenoxy) is 7. The van der Waals surface area contributed by atoms with Crippen LogP contribution in [0.25, 0.3) is 6.08 Å². The second-order valence-corrected chi connectivity index (χ2v) is 8.85. The first-order chi connectivity index (χ1) is 16.2. The molecular weight excluding hydrogens is 444 g/mol. The molecule has 4 rings (SSSR count). The van der Waals surface area contributed by atoms with E-state index in [1.807, 2.05) is 13.0 Å². The minimum absolute atomic E-state index is 0.0149. The molecule has 0 unspecified atom stereocenters. The van der Waals surface area contributed by atoms with Gasteiger partial charge in [0.1, 0.15) is 23.5 Å². The van der Waals surface area contributed by atoms with Gasteiger partial charge in [-0.3, -0.25) is 4.79 Å². The van der Waals surface area contributed by atoms with Crippen molar-refractivity contribution in [2.24, 2.45) is 0 Å². The summed E-state index contributed by atoms with van der Waals surface area (Å²) in [4.78, 5) is 26.3. The SMILES string of the molecule is COCOc1cc2c(c3c1C(=O)O[C@@H](C)C(C)=CCC(=O)[C@H]1OC(C)(C)O[C@H]1CC=C3)OCO2. The summed E-state index contributed by atoms with van der Waals surface area (Å²) >= 11 is 0. The maximum absolute atomic E-state index is 13.3. The predicted octanol–water partition coefficient (Wildman–Crippen LogP) is 3.79. The molecule has 0 aromatic heterocycles. The smallest absolute Gasteiger partial charge is 0.343 e. The van der Waals surface area contributed by atoms with E-state index in [1.165, 1.54) is 7.11 Å². The number of allylic oxidation sites excluding steroid dienone is 1. The zero-order chi connectivity index (χ0) is 24.5. The molecule has 0 radical (unpaired) electrons. The lowest BCUT2D eigenvalue weighted by molar-refractivity contribution is -0.154. The van der Waals surface area contributed by atoms with Crippen molar-refractivity contribution in [2.45, 2.75) is 64.6 Å². The Hall–Kier alpha value is -2.88. The van der Waals surface area contributed by atoms with E-state index < -0.39 is 30.1 Å². The van der Waals surface area contributed by atoms with Crippen molar-refractivity contribution >= 4 is 17.8 Å². The van der Waals surface area contributed by atoms with E-state index in [-0.39, 0.29) is 37.1 Å². The molecule has 0 bridgehead atoms. The van der Waals surface area contributed by atoms with Gasteiger partial charge in [-0.25, -0.2) is 4.79 Å². The Labute approximate surface area is 198 Å². The van der Waals surface area contributed by atoms with Crippen molar-refractivity contribution in [3.63, 3.8) is 0 Å². The van der Waals surface area contributed by atoms with Crippen LogP contribution in [-0.2, 0) is 23.7 Å². The summed E-state index contributed by atoms with van der Waals surface area (Å²) in [5, 5.41) is 0. The molecule has 0 aliphatic carbocycles. The van der Waals surface area contributed by atoms with Gasteiger partial charge in [-0.15, -0.1) is 0 Å². The minimum atomic E-state index is -0.880. The van der Waals surface area contributed by atoms with Crippen LogP contribution in [0.5, 0.6) is 17.2 Å². The molecule has 0 saturated carbocycles. The Bertz CT molecular complexity index is 1020. The first-order valence-corrected chi connectivity index (χ1v) is 11.2. The van der Waals surface area contributed by atoms with Gasteiger partial charge in [0.15, 0.2) is 29.9 Å². The molecule has 0 N–H and O–H groups in total. The normalized spacial score (nSPS) is 26.3. The van der Waals surface area contributed by atoms with Crippen molar-refractivity contribution < 1.29 is 42.7 Å². The highest BCUT2D eigenvalue weighted by molar-refractivity contribution is 5.99. The highest BCUT2D eigenvalue weighted by Gasteiger charge is 2.44. The standard InChI is InChI=1S/C25H30O9/c1-14-9-10-17(26)23-18(33-25(3,4)34-23)8-6-7-16-21(24(27)32-15(14)2)19(29-12-28-5)11-20-22(16)31-13-30-20/h6-7,9,11,15,18,23H,8,10,12-13H2,1-5H3/t15-,18-,23+/m0/s1. The number of methoxy groups -OCH3 is 1. The number of benzene rings is 1. The summed E-state index contributed by atoms with van der Waals surface area (Å²) in [6, 6.07) is 1.59. The molecule has 0 spiro atoms. The van der Waals surface area contributed by atoms with Gasteiger partial charge in [0, 0.05) is 25.2 Å². The van der Waals surface area contributed by atoms with Gasteiger partial charge in [0.2, 0.25) is 6.79 Å². The summed E-state index contributed by atoms with van der Waals surface area (Å²) in [5.74, 6) is -0.445. The Kier molecular flexibility index (Phi) is 6.97. The van der Waals surface area contributed by atoms with Gasteiger partial charge < -0.3 is 33.2 Å². The van der Waals surface area contributed by atoms with Crippen LogP contribution in [-0.4, -0.2) is 56.5 Å². The monoisotopic (exact) mass is 474 g/mol. The van der Waals surface area contributed by atoms with E-state index in [0.717, 1.165) is 5.57 Å². The maximum atomic E-state index is 13.3. The topological polar surface area (TPSA) is 98.8 Å². The minimum Gasteiger partial charge on any atom is -0.466 e. The zero-order valence-electron chi connectivity index (χ0n) is 20.0. The van der Waals surface area contributed by atoms with Crippen molar-refractivity contribution in [1.82, 2.24) is 0 Å². The molecule has 34 heavy (non-hydrogen) atoms. The molecule has 1 aromatic rings. The van der Waals surface area contributed by atoms with Crippen LogP contribution in [0.4, 0.5) is 0 Å². The molecule has 3 aliphatic rings. The molecule has 9 nitrogen and oxygen atoms in total. The van der Waals surface area contributed by atoms with Gasteiger partial charge in [0.05, 0.1) is 6.10 Å². The number of carbonyl (C=O) groups excluding carboxylic acids is 2. The highest BCUT2D eigenvalue weighted by Crippen LogP contribution is 2.44. The van der Waals surface area contributed by atoms with Gasteiger partial charge in [-0.05, 0) is 39.7 Å². The quantitative estimate of drug-likeness (QED) is 0.368. The van der Waals surface area contributed by atoms with Crippen LogP contribution in [0.15, 0.2) is 23.8 Å². The number of ketones is 1. The molecule has 9 heteroatoms. The number of hydrogen-bond donors (Lipinski definition) is 0. The lowest BCUT2D eigenvalue weighted by Gasteiger charge is -2.19. The van der Waals surface area contributed by atoms with Crippen LogP contribution < -0.4 is 14.2 Å². The third-order valence-electron chi connectivity index (χ3n) is 5.90. The van der Waals surface area contributed by atoms with Gasteiger partial charge in [-0.2, -0.15) is 0 Å². The summed E-state index contributed by atoms with van der Waals surface area (Å²) in [5.41, 5.74) is 1.40. The first-order valence-electron chi connectivity index (χ1n) is 11.2. The fourth-order valence-corrected chi connectivity index (χ4v) is 4.11. The summed E-state index contributed by atoms with van der Waals surface area (Å²) in [6.07, 6.45) is 4.10. The summed E-state index contributed by atoms with van der Waals surface area (Å²) < 4.78 is 39.6. The van der Waals surface area contributed by atoms with E-state index in [0.29, 0.717) is 23.5 Å². The van der Waals surface area contributed by atoms with Crippen LogP contribution >= 0.6 is 0 Å². The second-order valence-electron chi connectivity index (χ2n) is 8.85. The molecule has 1 fully saturated rings. The average Bonchev–Trinajstić information content (AvgIpc) is 3.38. The molecule has 0 amide bonds. The molecule has 184 valence electrons. The van der Waals surface area contributed by atoms with Gasteiger partial charge in [0.25, 0.3) is 0 Å². The molecule has 3 aliphatic heterocycles. The Morgan fingerprint density at radius 1 is 1.18 bits per heavy atom. The number of Topliss-reactive ketones (excluding diaryl/α,β-unsaturated/α-hetero) is 1. The van der Waals surface area contributed by atoms with Crippen LogP contribution in [0, 0.1) is 0 Å². The molecular formula is C25H30O9. The third-order valence-corrected chi connectivity index (χ3v) is 5.90. The Morgan fingerprint density at radius 2 is 1.97 bits per heavy atom. The van der Waals surface area contributed by atoms with E-state index in [1.54, 1.807) is 39.0 Å². The number of carbonyl (C=O) groups is 2. The molecule has 1 saturated heterocycles. The summed E-state index contributed by atoms with van der Waals surface area (Å²) in [7, 11) is 1.49. The Balaban J connectivity index is 1.80. The van der Waals surface area contributed by atoms with E-state index >= 15 is 0 Å². The fourth-order valence-electron chi connectivity index (χ4n) is 4.11. The fraction of sp³-hybridized carbons (Fsp3) is 0.520. The van der Waals surface area contributed by atoms with Crippen molar-refractivity contribution in [1.29, 1.82) is 0 Å². The van der Waals surface area contributed by atoms with Gasteiger partial charge >= 0.3 is 5.97 Å². The number of cyclic esters (lactones) is 1. The highest BCUT2D eigenvalue weighted by atomic mass is 16.8. The van der Waals surface area contributed by atoms with Gasteiger partial charge in [-0.1, -0.05) is 18.2 Å². The number of fused-ring (bicyclic) bond motifs is 4. The van der Waals surface area contributed by atoms with Crippen LogP contribution in [0.3, 0.4) is 0 Å². The lowest BCUT2D eigenvalue weighted by atomic mass is 9.99. The van der Waals surface area contributed by atoms with Crippen molar-refractivity contribution in [2.75, 3.05) is 20.7 Å². The average molecular weight is 475 g/mol. The third kappa shape index (κ3) is 4.96. The number of hydrogen-bond acceptors (Lipinski definition) is 9. The van der Waals surface area contributed by atoms with E-state index in [2.05, 4.69) is 0 Å². The first kappa shape index (κ1) is 24.3. The van der Waals surface area contributed by atoms with Crippen LogP contribution in [0.2, 0.25) is 0 Å². The largest absolute Gasteiger partial charge is 0.466 e. The molecule has 1 aromatic carbocycles. The Morgan fingerprint density at radius 3 is 2.74 bits per heavy atom. The maximum Gasteiger partial charge on any atom is 0.343 e.